The molecule has 0 aliphatic rings. The lowest BCUT2D eigenvalue weighted by Gasteiger charge is -2.07. The SMILES string of the molecule is CCNCc1nnc(-c2ccc(OC)cc2OC)o1. The lowest BCUT2D eigenvalue weighted by Crippen LogP contribution is -2.11. The molecule has 0 amide bonds. The van der Waals surface area contributed by atoms with Gasteiger partial charge in [0.05, 0.1) is 26.3 Å². The van der Waals surface area contributed by atoms with Crippen LogP contribution in [0, 0.1) is 0 Å². The second-order valence-corrected chi connectivity index (χ2v) is 3.85. The normalized spacial score (nSPS) is 10.5. The number of hydrogen-bond acceptors (Lipinski definition) is 6. The second kappa shape index (κ2) is 6.19. The van der Waals surface area contributed by atoms with E-state index in [9.17, 15) is 0 Å². The maximum atomic E-state index is 5.58. The minimum Gasteiger partial charge on any atom is -0.497 e. The Balaban J connectivity index is 2.27. The van der Waals surface area contributed by atoms with Crippen molar-refractivity contribution in [3.8, 4) is 23.0 Å². The van der Waals surface area contributed by atoms with Crippen LogP contribution in [0.25, 0.3) is 11.5 Å². The van der Waals surface area contributed by atoms with Crippen LogP contribution >= 0.6 is 0 Å². The Labute approximate surface area is 111 Å². The molecule has 6 heteroatoms. The summed E-state index contributed by atoms with van der Waals surface area (Å²) in [5, 5.41) is 11.1. The maximum absolute atomic E-state index is 5.58. The van der Waals surface area contributed by atoms with Crippen molar-refractivity contribution in [2.24, 2.45) is 0 Å². The molecule has 19 heavy (non-hydrogen) atoms. The largest absolute Gasteiger partial charge is 0.497 e. The molecular weight excluding hydrogens is 246 g/mol. The van der Waals surface area contributed by atoms with E-state index in [0.29, 0.717) is 29.8 Å². The number of benzene rings is 1. The van der Waals surface area contributed by atoms with Crippen molar-refractivity contribution in [2.75, 3.05) is 20.8 Å². The van der Waals surface area contributed by atoms with E-state index in [1.807, 2.05) is 19.1 Å². The van der Waals surface area contributed by atoms with E-state index in [0.717, 1.165) is 12.1 Å². The summed E-state index contributed by atoms with van der Waals surface area (Å²) in [6.45, 7) is 3.43. The highest BCUT2D eigenvalue weighted by atomic mass is 16.5. The molecule has 0 saturated carbocycles. The van der Waals surface area contributed by atoms with Crippen LogP contribution in [-0.4, -0.2) is 31.0 Å². The Morgan fingerprint density at radius 3 is 2.74 bits per heavy atom. The lowest BCUT2D eigenvalue weighted by molar-refractivity contribution is 0.393. The topological polar surface area (TPSA) is 69.4 Å². The van der Waals surface area contributed by atoms with Crippen LogP contribution in [0.3, 0.4) is 0 Å². The van der Waals surface area contributed by atoms with Crippen LogP contribution < -0.4 is 14.8 Å². The van der Waals surface area contributed by atoms with E-state index in [1.165, 1.54) is 0 Å². The van der Waals surface area contributed by atoms with Gasteiger partial charge < -0.3 is 19.2 Å². The number of hydrogen-bond donors (Lipinski definition) is 1. The van der Waals surface area contributed by atoms with Gasteiger partial charge in [-0.1, -0.05) is 6.92 Å². The molecule has 0 saturated heterocycles. The average Bonchev–Trinajstić information content (AvgIpc) is 2.92. The van der Waals surface area contributed by atoms with Gasteiger partial charge in [0.2, 0.25) is 5.89 Å². The fraction of sp³-hybridized carbons (Fsp3) is 0.385. The third-order valence-corrected chi connectivity index (χ3v) is 2.63. The summed E-state index contributed by atoms with van der Waals surface area (Å²) in [4.78, 5) is 0. The second-order valence-electron chi connectivity index (χ2n) is 3.85. The van der Waals surface area contributed by atoms with Crippen LogP contribution in [0.1, 0.15) is 12.8 Å². The number of aromatic nitrogens is 2. The molecule has 0 aliphatic heterocycles. The van der Waals surface area contributed by atoms with E-state index >= 15 is 0 Å². The van der Waals surface area contributed by atoms with Gasteiger partial charge in [-0.25, -0.2) is 0 Å². The van der Waals surface area contributed by atoms with E-state index in [1.54, 1.807) is 20.3 Å². The zero-order chi connectivity index (χ0) is 13.7. The first-order valence-corrected chi connectivity index (χ1v) is 6.04. The van der Waals surface area contributed by atoms with Crippen molar-refractivity contribution in [3.63, 3.8) is 0 Å². The molecule has 0 atom stereocenters. The molecule has 1 heterocycles. The minimum absolute atomic E-state index is 0.437. The van der Waals surface area contributed by atoms with Crippen molar-refractivity contribution in [1.29, 1.82) is 0 Å². The third-order valence-electron chi connectivity index (χ3n) is 2.63. The van der Waals surface area contributed by atoms with Gasteiger partial charge in [-0.15, -0.1) is 10.2 Å². The Kier molecular flexibility index (Phi) is 4.35. The zero-order valence-corrected chi connectivity index (χ0v) is 11.3. The highest BCUT2D eigenvalue weighted by Crippen LogP contribution is 2.32. The maximum Gasteiger partial charge on any atom is 0.251 e. The van der Waals surface area contributed by atoms with Crippen LogP contribution in [0.2, 0.25) is 0 Å². The Bertz CT molecular complexity index is 540. The number of rotatable bonds is 6. The predicted octanol–water partition coefficient (Wildman–Crippen LogP) is 1.86. The quantitative estimate of drug-likeness (QED) is 0.858. The molecule has 0 fully saturated rings. The predicted molar refractivity (Wildman–Crippen MR) is 70.2 cm³/mol. The smallest absolute Gasteiger partial charge is 0.251 e. The van der Waals surface area contributed by atoms with E-state index in [-0.39, 0.29) is 0 Å². The van der Waals surface area contributed by atoms with E-state index in [4.69, 9.17) is 13.9 Å². The number of ether oxygens (including phenoxy) is 2. The van der Waals surface area contributed by atoms with Crippen LogP contribution in [0.15, 0.2) is 22.6 Å². The summed E-state index contributed by atoms with van der Waals surface area (Å²) >= 11 is 0. The standard InChI is InChI=1S/C13H17N3O3/c1-4-14-8-12-15-16-13(19-12)10-6-5-9(17-2)7-11(10)18-3/h5-7,14H,4,8H2,1-3H3. The molecular formula is C13H17N3O3. The fourth-order valence-electron chi connectivity index (χ4n) is 1.64. The summed E-state index contributed by atoms with van der Waals surface area (Å²) in [6.07, 6.45) is 0. The van der Waals surface area contributed by atoms with Gasteiger partial charge in [-0.2, -0.15) is 0 Å². The summed E-state index contributed by atoms with van der Waals surface area (Å²) < 4.78 is 16.0. The molecule has 6 nitrogen and oxygen atoms in total. The van der Waals surface area contributed by atoms with Gasteiger partial charge in [0.15, 0.2) is 0 Å². The van der Waals surface area contributed by atoms with Crippen molar-refractivity contribution in [3.05, 3.63) is 24.1 Å². The Morgan fingerprint density at radius 2 is 2.05 bits per heavy atom. The average molecular weight is 263 g/mol. The van der Waals surface area contributed by atoms with Gasteiger partial charge in [0.1, 0.15) is 11.5 Å². The minimum atomic E-state index is 0.437. The van der Waals surface area contributed by atoms with Crippen molar-refractivity contribution in [1.82, 2.24) is 15.5 Å². The fourth-order valence-corrected chi connectivity index (χ4v) is 1.64. The van der Waals surface area contributed by atoms with Gasteiger partial charge in [-0.3, -0.25) is 0 Å². The first kappa shape index (κ1) is 13.4. The Hall–Kier alpha value is -2.08. The molecule has 2 aromatic rings. The molecule has 0 unspecified atom stereocenters. The molecule has 0 radical (unpaired) electrons. The van der Waals surface area contributed by atoms with E-state index < -0.39 is 0 Å². The van der Waals surface area contributed by atoms with E-state index in [2.05, 4.69) is 15.5 Å². The summed E-state index contributed by atoms with van der Waals surface area (Å²) in [7, 11) is 3.20. The molecule has 1 aromatic carbocycles. The van der Waals surface area contributed by atoms with Gasteiger partial charge in [0.25, 0.3) is 5.89 Å². The van der Waals surface area contributed by atoms with Crippen molar-refractivity contribution in [2.45, 2.75) is 13.5 Å². The molecule has 1 N–H and O–H groups in total. The number of nitrogens with zero attached hydrogens (tertiary/aromatic N) is 2. The zero-order valence-electron chi connectivity index (χ0n) is 11.3. The number of methoxy groups -OCH3 is 2. The van der Waals surface area contributed by atoms with Gasteiger partial charge >= 0.3 is 0 Å². The van der Waals surface area contributed by atoms with Gasteiger partial charge in [0, 0.05) is 6.07 Å². The molecule has 1 aromatic heterocycles. The molecule has 2 rings (SSSR count). The lowest BCUT2D eigenvalue weighted by atomic mass is 10.2. The molecule has 102 valence electrons. The summed E-state index contributed by atoms with van der Waals surface area (Å²) in [5.41, 5.74) is 0.749. The molecule has 0 spiro atoms. The van der Waals surface area contributed by atoms with Crippen molar-refractivity contribution < 1.29 is 13.9 Å². The van der Waals surface area contributed by atoms with Crippen LogP contribution in [0.4, 0.5) is 0 Å². The highest BCUT2D eigenvalue weighted by Gasteiger charge is 2.14. The summed E-state index contributed by atoms with van der Waals surface area (Å²) in [5.74, 6) is 2.34. The summed E-state index contributed by atoms with van der Waals surface area (Å²) in [6, 6.07) is 5.44. The number of nitrogens with one attached hydrogen (secondary N) is 1. The third kappa shape index (κ3) is 3.03. The molecule has 0 aliphatic carbocycles. The van der Waals surface area contributed by atoms with Crippen LogP contribution in [-0.2, 0) is 6.54 Å². The first-order valence-electron chi connectivity index (χ1n) is 6.04. The first-order chi connectivity index (χ1) is 9.28. The monoisotopic (exact) mass is 263 g/mol. The Morgan fingerprint density at radius 1 is 1.21 bits per heavy atom. The van der Waals surface area contributed by atoms with Crippen LogP contribution in [0.5, 0.6) is 11.5 Å². The van der Waals surface area contributed by atoms with Crippen molar-refractivity contribution >= 4 is 0 Å². The molecule has 0 bridgehead atoms. The van der Waals surface area contributed by atoms with Gasteiger partial charge in [-0.05, 0) is 18.7 Å². The highest BCUT2D eigenvalue weighted by molar-refractivity contribution is 5.64.